The van der Waals surface area contributed by atoms with Gasteiger partial charge in [-0.1, -0.05) is 36.5 Å². The van der Waals surface area contributed by atoms with E-state index < -0.39 is 5.76 Å². The Morgan fingerprint density at radius 3 is 2.70 bits per heavy atom. The Balaban J connectivity index is 1.58. The minimum atomic E-state index is -0.636. The van der Waals surface area contributed by atoms with E-state index in [0.29, 0.717) is 35.5 Å². The Morgan fingerprint density at radius 2 is 1.97 bits per heavy atom. The summed E-state index contributed by atoms with van der Waals surface area (Å²) in [4.78, 5) is 31.0. The van der Waals surface area contributed by atoms with E-state index in [2.05, 4.69) is 38.4 Å². The molecule has 1 N–H and O–H groups in total. The summed E-state index contributed by atoms with van der Waals surface area (Å²) in [6.45, 7) is 7.43. The molecule has 2 fully saturated rings. The topological polar surface area (TPSA) is 115 Å². The molecule has 1 aliphatic heterocycles. The maximum atomic E-state index is 11.7. The number of nitrogens with zero attached hydrogens (tertiary/aromatic N) is 6. The Morgan fingerprint density at radius 1 is 1.14 bits per heavy atom. The van der Waals surface area contributed by atoms with Crippen molar-refractivity contribution in [2.75, 3.05) is 24.7 Å². The van der Waals surface area contributed by atoms with Gasteiger partial charge < -0.3 is 14.2 Å². The van der Waals surface area contributed by atoms with Crippen molar-refractivity contribution >= 4 is 28.6 Å². The number of aromatic amines is 1. The number of ether oxygens (including phenoxy) is 1. The molecule has 1 atom stereocenters. The summed E-state index contributed by atoms with van der Waals surface area (Å²) in [7, 11) is 0. The number of halogens is 1. The van der Waals surface area contributed by atoms with Crippen LogP contribution < -0.4 is 10.7 Å². The zero-order valence-electron chi connectivity index (χ0n) is 21.0. The fraction of sp³-hybridized carbons (Fsp3) is 0.500. The minimum absolute atomic E-state index is 0.186. The average molecular weight is 524 g/mol. The second-order valence-corrected chi connectivity index (χ2v) is 10.8. The Hall–Kier alpha value is -3.24. The molecular weight excluding hydrogens is 494 g/mol. The number of nitrogens with one attached hydrogen (secondary N) is 1. The van der Waals surface area contributed by atoms with Gasteiger partial charge in [-0.2, -0.15) is 0 Å². The van der Waals surface area contributed by atoms with Crippen LogP contribution in [0.4, 0.5) is 5.95 Å². The van der Waals surface area contributed by atoms with E-state index in [0.717, 1.165) is 41.6 Å². The van der Waals surface area contributed by atoms with Gasteiger partial charge in [0.05, 0.1) is 41.0 Å². The fourth-order valence-electron chi connectivity index (χ4n) is 5.53. The SMILES string of the molecule is CC1CCC(Cn2c(N3CCOC[C@H]3C)nc3cc(-c4noc(=O)[nH]4)nc(-c4cncc(Cl)c4)c32)CC1. The molecule has 0 aromatic carbocycles. The molecule has 10 nitrogen and oxygen atoms in total. The summed E-state index contributed by atoms with van der Waals surface area (Å²) in [5.74, 6) is 1.85. The highest BCUT2D eigenvalue weighted by Crippen LogP contribution is 2.37. The fourth-order valence-corrected chi connectivity index (χ4v) is 5.71. The predicted octanol–water partition coefficient (Wildman–Crippen LogP) is 4.54. The number of hydrogen-bond acceptors (Lipinski definition) is 8. The van der Waals surface area contributed by atoms with Gasteiger partial charge in [0.1, 0.15) is 5.69 Å². The van der Waals surface area contributed by atoms with Crippen molar-refractivity contribution in [3.05, 3.63) is 40.1 Å². The highest BCUT2D eigenvalue weighted by Gasteiger charge is 2.29. The Kier molecular flexibility index (Phi) is 6.46. The molecule has 2 aliphatic rings. The standard InChI is InChI=1S/C26H30ClN7O3/c1-15-3-5-17(6-4-15)13-34-23-20(30-25(34)33-7-8-36-14-16(33)2)10-21(24-31-26(35)37-32-24)29-22(23)18-9-19(27)12-28-11-18/h9-12,15-17H,3-8,13-14H2,1-2H3,(H,31,32,35)/t15?,16-,17?/m1/s1. The lowest BCUT2D eigenvalue weighted by Crippen LogP contribution is -2.45. The van der Waals surface area contributed by atoms with Crippen LogP contribution in [0.1, 0.15) is 39.5 Å². The monoisotopic (exact) mass is 523 g/mol. The molecule has 5 heterocycles. The van der Waals surface area contributed by atoms with Crippen LogP contribution in [-0.4, -0.2) is 55.5 Å². The molecule has 4 aromatic rings. The number of rotatable bonds is 5. The third-order valence-electron chi connectivity index (χ3n) is 7.57. The van der Waals surface area contributed by atoms with E-state index in [4.69, 9.17) is 30.8 Å². The molecule has 0 spiro atoms. The van der Waals surface area contributed by atoms with Crippen LogP contribution in [0, 0.1) is 11.8 Å². The lowest BCUT2D eigenvalue weighted by molar-refractivity contribution is 0.0976. The lowest BCUT2D eigenvalue weighted by atomic mass is 9.83. The summed E-state index contributed by atoms with van der Waals surface area (Å²) in [5, 5.41) is 4.38. The molecule has 0 radical (unpaired) electrons. The number of pyridine rings is 2. The first-order valence-electron chi connectivity index (χ1n) is 12.9. The molecule has 1 aliphatic carbocycles. The lowest BCUT2D eigenvalue weighted by Gasteiger charge is -2.35. The third-order valence-corrected chi connectivity index (χ3v) is 7.77. The molecule has 1 saturated carbocycles. The van der Waals surface area contributed by atoms with Crippen LogP contribution in [0.15, 0.2) is 33.8 Å². The van der Waals surface area contributed by atoms with E-state index in [9.17, 15) is 4.79 Å². The van der Waals surface area contributed by atoms with Gasteiger partial charge in [-0.05, 0) is 43.7 Å². The van der Waals surface area contributed by atoms with Gasteiger partial charge in [0, 0.05) is 31.0 Å². The van der Waals surface area contributed by atoms with Crippen molar-refractivity contribution in [1.82, 2.24) is 29.7 Å². The first-order valence-corrected chi connectivity index (χ1v) is 13.3. The van der Waals surface area contributed by atoms with Crippen LogP contribution in [0.25, 0.3) is 33.8 Å². The summed E-state index contributed by atoms with van der Waals surface area (Å²) in [6, 6.07) is 3.90. The molecule has 194 valence electrons. The van der Waals surface area contributed by atoms with Crippen LogP contribution in [0.3, 0.4) is 0 Å². The van der Waals surface area contributed by atoms with Gasteiger partial charge in [-0.15, -0.1) is 0 Å². The summed E-state index contributed by atoms with van der Waals surface area (Å²) in [6.07, 6.45) is 8.22. The molecule has 1 saturated heterocycles. The molecule has 6 rings (SSSR count). The van der Waals surface area contributed by atoms with E-state index in [1.165, 1.54) is 25.7 Å². The predicted molar refractivity (Wildman–Crippen MR) is 141 cm³/mol. The number of imidazole rings is 1. The molecule has 0 unspecified atom stereocenters. The van der Waals surface area contributed by atoms with Crippen molar-refractivity contribution in [3.63, 3.8) is 0 Å². The van der Waals surface area contributed by atoms with E-state index in [1.807, 2.05) is 12.1 Å². The van der Waals surface area contributed by atoms with Crippen molar-refractivity contribution in [3.8, 4) is 22.8 Å². The Bertz CT molecular complexity index is 1470. The first kappa shape index (κ1) is 24.1. The van der Waals surface area contributed by atoms with Gasteiger partial charge in [-0.25, -0.2) is 14.8 Å². The second kappa shape index (κ2) is 9.90. The van der Waals surface area contributed by atoms with E-state index in [-0.39, 0.29) is 11.9 Å². The number of H-pyrrole nitrogens is 1. The van der Waals surface area contributed by atoms with Gasteiger partial charge in [0.15, 0.2) is 0 Å². The minimum Gasteiger partial charge on any atom is -0.377 e. The molecule has 0 bridgehead atoms. The normalized spacial score (nSPS) is 22.6. The van der Waals surface area contributed by atoms with Gasteiger partial charge >= 0.3 is 5.76 Å². The number of morpholine rings is 1. The van der Waals surface area contributed by atoms with Crippen LogP contribution in [0.5, 0.6) is 0 Å². The molecular formula is C26H30ClN7O3. The number of hydrogen-bond donors (Lipinski definition) is 1. The van der Waals surface area contributed by atoms with E-state index >= 15 is 0 Å². The van der Waals surface area contributed by atoms with Crippen LogP contribution in [-0.2, 0) is 11.3 Å². The molecule has 37 heavy (non-hydrogen) atoms. The summed E-state index contributed by atoms with van der Waals surface area (Å²) >= 11 is 6.35. The summed E-state index contributed by atoms with van der Waals surface area (Å²) in [5.41, 5.74) is 3.61. The van der Waals surface area contributed by atoms with Crippen molar-refractivity contribution in [2.24, 2.45) is 11.8 Å². The molecule has 4 aromatic heterocycles. The van der Waals surface area contributed by atoms with Gasteiger partial charge in [-0.3, -0.25) is 14.5 Å². The van der Waals surface area contributed by atoms with Gasteiger partial charge in [0.25, 0.3) is 0 Å². The van der Waals surface area contributed by atoms with Crippen LogP contribution in [0.2, 0.25) is 5.02 Å². The summed E-state index contributed by atoms with van der Waals surface area (Å²) < 4.78 is 12.8. The first-order chi connectivity index (χ1) is 18.0. The van der Waals surface area contributed by atoms with Crippen LogP contribution >= 0.6 is 11.6 Å². The maximum Gasteiger partial charge on any atom is 0.439 e. The van der Waals surface area contributed by atoms with E-state index in [1.54, 1.807) is 12.4 Å². The number of anilines is 1. The van der Waals surface area contributed by atoms with Crippen molar-refractivity contribution in [2.45, 2.75) is 52.1 Å². The van der Waals surface area contributed by atoms with Gasteiger partial charge in [0.2, 0.25) is 11.8 Å². The molecule has 0 amide bonds. The quantitative estimate of drug-likeness (QED) is 0.405. The molecule has 11 heteroatoms. The number of fused-ring (bicyclic) bond motifs is 1. The maximum absolute atomic E-state index is 11.7. The Labute approximate surface area is 219 Å². The third kappa shape index (κ3) is 4.75. The second-order valence-electron chi connectivity index (χ2n) is 10.3. The highest BCUT2D eigenvalue weighted by molar-refractivity contribution is 6.30. The zero-order chi connectivity index (χ0) is 25.5. The van der Waals surface area contributed by atoms with Crippen molar-refractivity contribution < 1.29 is 9.26 Å². The largest absolute Gasteiger partial charge is 0.439 e. The van der Waals surface area contributed by atoms with Crippen molar-refractivity contribution in [1.29, 1.82) is 0 Å². The number of aromatic nitrogens is 6. The average Bonchev–Trinajstić information content (AvgIpc) is 3.49. The zero-order valence-corrected chi connectivity index (χ0v) is 21.7. The smallest absolute Gasteiger partial charge is 0.377 e. The highest BCUT2D eigenvalue weighted by atomic mass is 35.5.